The van der Waals surface area contributed by atoms with Gasteiger partial charge in [0, 0.05) is 31.9 Å². The van der Waals surface area contributed by atoms with Crippen LogP contribution in [0.25, 0.3) is 0 Å². The van der Waals surface area contributed by atoms with Gasteiger partial charge in [-0.05, 0) is 76.7 Å². The minimum absolute atomic E-state index is 0. The highest BCUT2D eigenvalue weighted by Crippen LogP contribution is 2.26. The Balaban J connectivity index is 0.00000196. The molecule has 160 valence electrons. The van der Waals surface area contributed by atoms with Gasteiger partial charge in [-0.2, -0.15) is 0 Å². The van der Waals surface area contributed by atoms with Crippen LogP contribution >= 0.6 is 24.8 Å². The Morgan fingerprint density at radius 3 is 2.04 bits per heavy atom. The fraction of sp³-hybridized carbons (Fsp3) is 0.682. The minimum atomic E-state index is 0. The third-order valence-corrected chi connectivity index (χ3v) is 6.14. The van der Waals surface area contributed by atoms with Crippen molar-refractivity contribution in [3.8, 4) is 0 Å². The maximum absolute atomic E-state index is 11.2. The minimum Gasteiger partial charge on any atom is -0.369 e. The molecule has 0 atom stereocenters. The summed E-state index contributed by atoms with van der Waals surface area (Å²) in [4.78, 5) is 18.8. The number of carbonyl (C=O) groups is 1. The highest BCUT2D eigenvalue weighted by Gasteiger charge is 2.23. The number of Topliss-reactive ketones (excluding diaryl/α,β-unsaturated/α-hetero) is 1. The van der Waals surface area contributed by atoms with Gasteiger partial charge in [0.2, 0.25) is 0 Å². The molecule has 3 rings (SSSR count). The monoisotopic (exact) mass is 429 g/mol. The summed E-state index contributed by atoms with van der Waals surface area (Å²) < 4.78 is 0. The van der Waals surface area contributed by atoms with E-state index in [-0.39, 0.29) is 24.8 Å². The zero-order valence-corrected chi connectivity index (χ0v) is 19.3. The fourth-order valence-corrected chi connectivity index (χ4v) is 4.61. The highest BCUT2D eigenvalue weighted by molar-refractivity contribution is 5.85. The summed E-state index contributed by atoms with van der Waals surface area (Å²) in [7, 11) is 0. The second kappa shape index (κ2) is 12.0. The van der Waals surface area contributed by atoms with Crippen LogP contribution in [0.2, 0.25) is 0 Å². The van der Waals surface area contributed by atoms with Gasteiger partial charge in [-0.25, -0.2) is 0 Å². The molecular weight excluding hydrogens is 393 g/mol. The smallest absolute Gasteiger partial charge is 0.143 e. The topological polar surface area (TPSA) is 26.8 Å². The fourth-order valence-electron chi connectivity index (χ4n) is 4.61. The predicted molar refractivity (Wildman–Crippen MR) is 124 cm³/mol. The number of piperidine rings is 1. The molecule has 4 nitrogen and oxygen atoms in total. The molecular formula is C22H37Cl2N3O. The van der Waals surface area contributed by atoms with Crippen LogP contribution in [-0.4, -0.2) is 67.9 Å². The SMILES string of the molecule is CC(=O)CN1CCC(CCN2CCN(c3c(C)cccc3C)CC2)CC1.Cl.Cl. The molecule has 0 unspecified atom stereocenters. The van der Waals surface area contributed by atoms with Gasteiger partial charge in [0.15, 0.2) is 0 Å². The molecule has 0 spiro atoms. The molecule has 28 heavy (non-hydrogen) atoms. The van der Waals surface area contributed by atoms with Gasteiger partial charge in [-0.3, -0.25) is 14.6 Å². The Kier molecular flexibility index (Phi) is 10.8. The van der Waals surface area contributed by atoms with E-state index >= 15 is 0 Å². The van der Waals surface area contributed by atoms with Crippen LogP contribution in [0.3, 0.4) is 0 Å². The number of aryl methyl sites for hydroxylation is 2. The Morgan fingerprint density at radius 2 is 1.50 bits per heavy atom. The molecule has 2 heterocycles. The second-order valence-corrected chi connectivity index (χ2v) is 8.28. The van der Waals surface area contributed by atoms with Crippen molar-refractivity contribution in [1.29, 1.82) is 0 Å². The van der Waals surface area contributed by atoms with Gasteiger partial charge >= 0.3 is 0 Å². The summed E-state index contributed by atoms with van der Waals surface area (Å²) in [5, 5.41) is 0. The van der Waals surface area contributed by atoms with Gasteiger partial charge in [-0.15, -0.1) is 24.8 Å². The van der Waals surface area contributed by atoms with E-state index in [0.717, 1.165) is 32.1 Å². The van der Waals surface area contributed by atoms with Crippen molar-refractivity contribution >= 4 is 36.3 Å². The van der Waals surface area contributed by atoms with Gasteiger partial charge < -0.3 is 4.90 Å². The van der Waals surface area contributed by atoms with E-state index < -0.39 is 0 Å². The number of piperazine rings is 1. The Bertz CT molecular complexity index is 590. The summed E-state index contributed by atoms with van der Waals surface area (Å²) in [6.45, 7) is 14.9. The van der Waals surface area contributed by atoms with Crippen LogP contribution < -0.4 is 4.90 Å². The largest absolute Gasteiger partial charge is 0.369 e. The number of ketones is 1. The number of hydrogen-bond acceptors (Lipinski definition) is 4. The zero-order chi connectivity index (χ0) is 18.5. The lowest BCUT2D eigenvalue weighted by Crippen LogP contribution is -2.47. The first-order valence-electron chi connectivity index (χ1n) is 10.3. The Morgan fingerprint density at radius 1 is 0.929 bits per heavy atom. The standard InChI is InChI=1S/C22H35N3O.2ClH/c1-18-5-4-6-19(2)22(18)25-15-13-23(14-16-25)10-7-21-8-11-24(12-9-21)17-20(3)26;;/h4-6,21H,7-17H2,1-3H3;2*1H. The number of anilines is 1. The van der Waals surface area contributed by atoms with Crippen LogP contribution in [0.15, 0.2) is 18.2 Å². The number of likely N-dealkylation sites (tertiary alicyclic amines) is 1. The molecule has 2 saturated heterocycles. The van der Waals surface area contributed by atoms with Crippen molar-refractivity contribution in [2.45, 2.75) is 40.0 Å². The molecule has 0 N–H and O–H groups in total. The lowest BCUT2D eigenvalue weighted by atomic mass is 9.93. The average molecular weight is 430 g/mol. The van der Waals surface area contributed by atoms with Gasteiger partial charge in [0.25, 0.3) is 0 Å². The quantitative estimate of drug-likeness (QED) is 0.683. The average Bonchev–Trinajstić information content (AvgIpc) is 2.61. The molecule has 0 radical (unpaired) electrons. The van der Waals surface area contributed by atoms with E-state index in [9.17, 15) is 4.79 Å². The number of nitrogens with zero attached hydrogens (tertiary/aromatic N) is 3. The second-order valence-electron chi connectivity index (χ2n) is 8.28. The van der Waals surface area contributed by atoms with Crippen molar-refractivity contribution in [2.75, 3.05) is 57.3 Å². The molecule has 1 aromatic rings. The molecule has 2 fully saturated rings. The molecule has 2 aliphatic heterocycles. The molecule has 6 heteroatoms. The molecule has 0 saturated carbocycles. The third-order valence-electron chi connectivity index (χ3n) is 6.14. The summed E-state index contributed by atoms with van der Waals surface area (Å²) >= 11 is 0. The number of hydrogen-bond donors (Lipinski definition) is 0. The molecule has 0 bridgehead atoms. The van der Waals surface area contributed by atoms with Gasteiger partial charge in [0.05, 0.1) is 6.54 Å². The number of benzene rings is 1. The Hall–Kier alpha value is -0.810. The van der Waals surface area contributed by atoms with Crippen molar-refractivity contribution in [3.63, 3.8) is 0 Å². The van der Waals surface area contributed by atoms with Crippen molar-refractivity contribution in [2.24, 2.45) is 5.92 Å². The maximum Gasteiger partial charge on any atom is 0.143 e. The van der Waals surface area contributed by atoms with E-state index in [1.165, 1.54) is 55.7 Å². The first-order valence-corrected chi connectivity index (χ1v) is 10.3. The third kappa shape index (κ3) is 6.91. The first kappa shape index (κ1) is 25.2. The van der Waals surface area contributed by atoms with Gasteiger partial charge in [-0.1, -0.05) is 18.2 Å². The summed E-state index contributed by atoms with van der Waals surface area (Å²) in [5.41, 5.74) is 4.25. The van der Waals surface area contributed by atoms with Crippen LogP contribution in [0, 0.1) is 19.8 Å². The number of rotatable bonds is 6. The first-order chi connectivity index (χ1) is 12.5. The van der Waals surface area contributed by atoms with Gasteiger partial charge in [0.1, 0.15) is 5.78 Å². The highest BCUT2D eigenvalue weighted by atomic mass is 35.5. The van der Waals surface area contributed by atoms with E-state index in [1.54, 1.807) is 6.92 Å². The molecule has 0 aliphatic carbocycles. The van der Waals surface area contributed by atoms with E-state index in [0.29, 0.717) is 12.3 Å². The van der Waals surface area contributed by atoms with Crippen LogP contribution in [0.4, 0.5) is 5.69 Å². The van der Waals surface area contributed by atoms with E-state index in [4.69, 9.17) is 0 Å². The Labute approximate surface area is 183 Å². The zero-order valence-electron chi connectivity index (χ0n) is 17.7. The molecule has 0 amide bonds. The van der Waals surface area contributed by atoms with Crippen molar-refractivity contribution in [3.05, 3.63) is 29.3 Å². The van der Waals surface area contributed by atoms with E-state index in [2.05, 4.69) is 46.7 Å². The lowest BCUT2D eigenvalue weighted by molar-refractivity contribution is -0.118. The molecule has 2 aliphatic rings. The van der Waals surface area contributed by atoms with Crippen LogP contribution in [-0.2, 0) is 4.79 Å². The number of carbonyl (C=O) groups excluding carboxylic acids is 1. The van der Waals surface area contributed by atoms with Crippen LogP contribution in [0.1, 0.15) is 37.3 Å². The lowest BCUT2D eigenvalue weighted by Gasteiger charge is -2.38. The summed E-state index contributed by atoms with van der Waals surface area (Å²) in [5.74, 6) is 1.14. The summed E-state index contributed by atoms with van der Waals surface area (Å²) in [6.07, 6.45) is 3.84. The van der Waals surface area contributed by atoms with Crippen molar-refractivity contribution < 1.29 is 4.79 Å². The van der Waals surface area contributed by atoms with Crippen LogP contribution in [0.5, 0.6) is 0 Å². The number of halogens is 2. The summed E-state index contributed by atoms with van der Waals surface area (Å²) in [6, 6.07) is 6.62. The van der Waals surface area contributed by atoms with E-state index in [1.807, 2.05) is 0 Å². The predicted octanol–water partition coefficient (Wildman–Crippen LogP) is 3.96. The maximum atomic E-state index is 11.2. The number of para-hydroxylation sites is 1. The molecule has 1 aromatic carbocycles. The normalized spacial score (nSPS) is 19.0. The molecule has 0 aromatic heterocycles. The van der Waals surface area contributed by atoms with Crippen molar-refractivity contribution in [1.82, 2.24) is 9.80 Å².